The molecule has 0 aliphatic carbocycles. The lowest BCUT2D eigenvalue weighted by Gasteiger charge is -2.14. The van der Waals surface area contributed by atoms with Crippen LogP contribution in [0.25, 0.3) is 28.1 Å². The van der Waals surface area contributed by atoms with Gasteiger partial charge in [0, 0.05) is 43.5 Å². The number of amides is 1. The molecule has 5 rings (SSSR count). The van der Waals surface area contributed by atoms with E-state index in [2.05, 4.69) is 5.32 Å². The molecule has 5 aromatic rings. The van der Waals surface area contributed by atoms with Crippen molar-refractivity contribution in [3.05, 3.63) is 114 Å². The fourth-order valence-electron chi connectivity index (χ4n) is 4.34. The molecular weight excluding hydrogens is 526 g/mol. The van der Waals surface area contributed by atoms with Gasteiger partial charge in [0.2, 0.25) is 5.88 Å². The van der Waals surface area contributed by atoms with Crippen LogP contribution in [0.2, 0.25) is 0 Å². The van der Waals surface area contributed by atoms with E-state index in [0.29, 0.717) is 28.2 Å². The highest BCUT2D eigenvalue weighted by molar-refractivity contribution is 6.04. The number of anilines is 2. The van der Waals surface area contributed by atoms with Gasteiger partial charge in [-0.2, -0.15) is 9.78 Å². The quantitative estimate of drug-likeness (QED) is 0.227. The van der Waals surface area contributed by atoms with Crippen LogP contribution < -0.4 is 15.0 Å². The highest BCUT2D eigenvalue weighted by atomic mass is 19.1. The zero-order valence-corrected chi connectivity index (χ0v) is 22.6. The van der Waals surface area contributed by atoms with E-state index in [4.69, 9.17) is 9.84 Å². The normalized spacial score (nSPS) is 10.8. The average molecular weight is 553 g/mol. The Balaban J connectivity index is 1.63. The first-order chi connectivity index (χ1) is 19.7. The zero-order valence-electron chi connectivity index (χ0n) is 22.6. The first kappa shape index (κ1) is 27.3. The number of hydrogen-bond donors (Lipinski definition) is 1. The Labute approximate surface area is 235 Å². The maximum Gasteiger partial charge on any atom is 0.309 e. The Bertz CT molecular complexity index is 1730. The molecule has 0 bridgehead atoms. The van der Waals surface area contributed by atoms with Crippen LogP contribution in [0.4, 0.5) is 20.2 Å². The lowest BCUT2D eigenvalue weighted by atomic mass is 10.0. The molecule has 0 saturated carbocycles. The van der Waals surface area contributed by atoms with Gasteiger partial charge in [-0.15, -0.1) is 0 Å². The largest absolute Gasteiger partial charge is 0.407 e. The Morgan fingerprint density at radius 2 is 1.54 bits per heavy atom. The van der Waals surface area contributed by atoms with Crippen molar-refractivity contribution in [1.29, 1.82) is 0 Å². The zero-order chi connectivity index (χ0) is 29.1. The highest BCUT2D eigenvalue weighted by Crippen LogP contribution is 2.42. The fourth-order valence-corrected chi connectivity index (χ4v) is 4.34. The monoisotopic (exact) mass is 552 g/mol. The Hall–Kier alpha value is -5.31. The lowest BCUT2D eigenvalue weighted by molar-refractivity contribution is -0.132. The SMILES string of the molecule is CC(=O)Oc1c(-c2ccc(NC(=O)c3cccc(F)c3)cc2)c(-c2cccc(N(C)C)c2)nn1-c1ccc(F)cc1. The van der Waals surface area contributed by atoms with Gasteiger partial charge in [0.25, 0.3) is 5.91 Å². The number of benzene rings is 4. The summed E-state index contributed by atoms with van der Waals surface area (Å²) in [6.45, 7) is 1.29. The van der Waals surface area contributed by atoms with Crippen LogP contribution in [-0.2, 0) is 4.79 Å². The highest BCUT2D eigenvalue weighted by Gasteiger charge is 2.25. The molecule has 1 N–H and O–H groups in total. The molecule has 1 aromatic heterocycles. The van der Waals surface area contributed by atoms with Crippen molar-refractivity contribution < 1.29 is 23.1 Å². The second-order valence-corrected chi connectivity index (χ2v) is 9.50. The molecule has 0 saturated heterocycles. The molecule has 0 radical (unpaired) electrons. The molecule has 0 aliphatic rings. The number of aromatic nitrogens is 2. The van der Waals surface area contributed by atoms with Crippen molar-refractivity contribution in [1.82, 2.24) is 9.78 Å². The predicted molar refractivity (Wildman–Crippen MR) is 154 cm³/mol. The summed E-state index contributed by atoms with van der Waals surface area (Å²) in [5, 5.41) is 7.58. The maximum absolute atomic E-state index is 13.7. The summed E-state index contributed by atoms with van der Waals surface area (Å²) < 4.78 is 34.5. The third-order valence-corrected chi connectivity index (χ3v) is 6.31. The third kappa shape index (κ3) is 5.99. The van der Waals surface area contributed by atoms with Crippen LogP contribution in [0.3, 0.4) is 0 Å². The lowest BCUT2D eigenvalue weighted by Crippen LogP contribution is -2.11. The van der Waals surface area contributed by atoms with Crippen molar-refractivity contribution in [2.24, 2.45) is 0 Å². The first-order valence-electron chi connectivity index (χ1n) is 12.7. The molecule has 0 unspecified atom stereocenters. The molecule has 0 aliphatic heterocycles. The topological polar surface area (TPSA) is 76.5 Å². The van der Waals surface area contributed by atoms with Crippen LogP contribution >= 0.6 is 0 Å². The van der Waals surface area contributed by atoms with E-state index < -0.39 is 23.5 Å². The number of hydrogen-bond acceptors (Lipinski definition) is 5. The summed E-state index contributed by atoms with van der Waals surface area (Å²) in [5.41, 5.74) is 4.60. The van der Waals surface area contributed by atoms with Crippen LogP contribution in [-0.4, -0.2) is 35.8 Å². The van der Waals surface area contributed by atoms with Gasteiger partial charge in [-0.1, -0.05) is 30.3 Å². The second-order valence-electron chi connectivity index (χ2n) is 9.50. The van der Waals surface area contributed by atoms with Crippen molar-refractivity contribution in [2.45, 2.75) is 6.92 Å². The number of carbonyl (C=O) groups excluding carboxylic acids is 2. The Kier molecular flexibility index (Phi) is 7.60. The molecular formula is C32H26F2N4O3. The summed E-state index contributed by atoms with van der Waals surface area (Å²) in [4.78, 5) is 26.8. The number of halogens is 2. The summed E-state index contributed by atoms with van der Waals surface area (Å²) in [7, 11) is 3.86. The standard InChI is InChI=1S/C32H26F2N4O3/c1-20(39)41-32-29(21-10-14-26(15-11-21)35-31(40)23-7-4-8-25(34)18-23)30(22-6-5-9-28(19-22)37(2)3)36-38(32)27-16-12-24(33)13-17-27/h4-19H,1-3H3,(H,35,40). The predicted octanol–water partition coefficient (Wildman–Crippen LogP) is 6.73. The second kappa shape index (κ2) is 11.4. The van der Waals surface area contributed by atoms with Gasteiger partial charge in [-0.05, 0) is 72.3 Å². The molecule has 9 heteroatoms. The van der Waals surface area contributed by atoms with E-state index in [1.807, 2.05) is 43.3 Å². The number of esters is 1. The van der Waals surface area contributed by atoms with Gasteiger partial charge in [0.15, 0.2) is 0 Å². The van der Waals surface area contributed by atoms with Gasteiger partial charge < -0.3 is 15.0 Å². The third-order valence-electron chi connectivity index (χ3n) is 6.31. The minimum atomic E-state index is -0.554. The minimum absolute atomic E-state index is 0.158. The van der Waals surface area contributed by atoms with Gasteiger partial charge in [0.05, 0.1) is 11.3 Å². The average Bonchev–Trinajstić information content (AvgIpc) is 3.32. The van der Waals surface area contributed by atoms with E-state index in [9.17, 15) is 18.4 Å². The van der Waals surface area contributed by atoms with Crippen LogP contribution in [0.1, 0.15) is 17.3 Å². The van der Waals surface area contributed by atoms with Gasteiger partial charge >= 0.3 is 5.97 Å². The number of nitrogens with one attached hydrogen (secondary N) is 1. The molecule has 7 nitrogen and oxygen atoms in total. The van der Waals surface area contributed by atoms with E-state index in [0.717, 1.165) is 17.3 Å². The van der Waals surface area contributed by atoms with Gasteiger partial charge in [-0.25, -0.2) is 8.78 Å². The number of rotatable bonds is 7. The molecule has 41 heavy (non-hydrogen) atoms. The molecule has 0 fully saturated rings. The Morgan fingerprint density at radius 3 is 2.20 bits per heavy atom. The molecule has 206 valence electrons. The molecule has 0 atom stereocenters. The van der Waals surface area contributed by atoms with Crippen LogP contribution in [0.5, 0.6) is 5.88 Å². The maximum atomic E-state index is 13.7. The van der Waals surface area contributed by atoms with E-state index in [-0.39, 0.29) is 11.4 Å². The van der Waals surface area contributed by atoms with E-state index in [1.165, 1.54) is 41.9 Å². The molecule has 1 heterocycles. The van der Waals surface area contributed by atoms with Crippen molar-refractivity contribution in [3.8, 4) is 34.0 Å². The summed E-state index contributed by atoms with van der Waals surface area (Å²) in [6.07, 6.45) is 0. The molecule has 4 aromatic carbocycles. The fraction of sp³-hybridized carbons (Fsp3) is 0.0938. The van der Waals surface area contributed by atoms with E-state index >= 15 is 0 Å². The Morgan fingerprint density at radius 1 is 0.829 bits per heavy atom. The minimum Gasteiger partial charge on any atom is -0.407 e. The van der Waals surface area contributed by atoms with Crippen LogP contribution in [0, 0.1) is 11.6 Å². The number of nitrogens with zero attached hydrogens (tertiary/aromatic N) is 3. The summed E-state index contributed by atoms with van der Waals surface area (Å²) >= 11 is 0. The smallest absolute Gasteiger partial charge is 0.309 e. The van der Waals surface area contributed by atoms with Crippen LogP contribution in [0.15, 0.2) is 97.1 Å². The van der Waals surface area contributed by atoms with Crippen molar-refractivity contribution in [3.63, 3.8) is 0 Å². The van der Waals surface area contributed by atoms with Crippen molar-refractivity contribution >= 4 is 23.3 Å². The number of carbonyl (C=O) groups is 2. The summed E-state index contributed by atoms with van der Waals surface area (Å²) in [5.74, 6) is -1.77. The molecule has 1 amide bonds. The van der Waals surface area contributed by atoms with Gasteiger partial charge in [0.1, 0.15) is 17.3 Å². The summed E-state index contributed by atoms with van der Waals surface area (Å²) in [6, 6.07) is 25.8. The van der Waals surface area contributed by atoms with Gasteiger partial charge in [-0.3, -0.25) is 9.59 Å². The van der Waals surface area contributed by atoms with Crippen molar-refractivity contribution in [2.75, 3.05) is 24.3 Å². The first-order valence-corrected chi connectivity index (χ1v) is 12.7. The number of ether oxygens (including phenoxy) is 1. The molecule has 0 spiro atoms. The van der Waals surface area contributed by atoms with E-state index in [1.54, 1.807) is 36.4 Å².